The summed E-state index contributed by atoms with van der Waals surface area (Å²) in [4.78, 5) is 10.7. The first-order valence-electron chi connectivity index (χ1n) is 5.35. The molecule has 0 aliphatic heterocycles. The van der Waals surface area contributed by atoms with Gasteiger partial charge in [-0.25, -0.2) is 4.79 Å². The maximum absolute atomic E-state index is 10.7. The van der Waals surface area contributed by atoms with Gasteiger partial charge in [0, 0.05) is 11.1 Å². The third kappa shape index (κ3) is 2.43. The molecule has 0 saturated heterocycles. The van der Waals surface area contributed by atoms with E-state index in [0.717, 1.165) is 5.56 Å². The van der Waals surface area contributed by atoms with E-state index < -0.39 is 6.16 Å². The molecule has 0 aliphatic carbocycles. The molecule has 18 heavy (non-hydrogen) atoms. The van der Waals surface area contributed by atoms with Crippen molar-refractivity contribution in [2.24, 2.45) is 0 Å². The van der Waals surface area contributed by atoms with Crippen LogP contribution < -0.4 is 9.47 Å². The van der Waals surface area contributed by atoms with E-state index in [0.29, 0.717) is 11.3 Å². The van der Waals surface area contributed by atoms with E-state index in [2.05, 4.69) is 0 Å². The highest BCUT2D eigenvalue weighted by Crippen LogP contribution is 2.35. The summed E-state index contributed by atoms with van der Waals surface area (Å²) in [6.45, 7) is 0. The van der Waals surface area contributed by atoms with Crippen LogP contribution in [-0.2, 0) is 0 Å². The zero-order valence-corrected chi connectivity index (χ0v) is 9.79. The molecular formula is C14H12O4. The van der Waals surface area contributed by atoms with Crippen LogP contribution in [0.25, 0.3) is 11.1 Å². The quantitative estimate of drug-likeness (QED) is 0.664. The van der Waals surface area contributed by atoms with Crippen molar-refractivity contribution in [3.63, 3.8) is 0 Å². The first-order valence-corrected chi connectivity index (χ1v) is 5.35. The van der Waals surface area contributed by atoms with E-state index in [1.165, 1.54) is 0 Å². The number of para-hydroxylation sites is 2. The van der Waals surface area contributed by atoms with Gasteiger partial charge in [0.1, 0.15) is 11.5 Å². The van der Waals surface area contributed by atoms with Gasteiger partial charge in [-0.3, -0.25) is 0 Å². The molecule has 92 valence electrons. The van der Waals surface area contributed by atoms with Gasteiger partial charge < -0.3 is 14.6 Å². The lowest BCUT2D eigenvalue weighted by Gasteiger charge is -2.11. The van der Waals surface area contributed by atoms with Gasteiger partial charge in [-0.05, 0) is 12.1 Å². The number of carboxylic acid groups (broad SMARTS) is 1. The molecule has 0 fully saturated rings. The Morgan fingerprint density at radius 3 is 2.00 bits per heavy atom. The van der Waals surface area contributed by atoms with E-state index in [1.54, 1.807) is 25.3 Å². The Hall–Kier alpha value is -2.49. The molecular weight excluding hydrogens is 232 g/mol. The number of carbonyl (C=O) groups is 1. The van der Waals surface area contributed by atoms with E-state index in [9.17, 15) is 4.79 Å². The van der Waals surface area contributed by atoms with Crippen molar-refractivity contribution in [1.29, 1.82) is 0 Å². The maximum Gasteiger partial charge on any atom is 0.511 e. The van der Waals surface area contributed by atoms with E-state index in [4.69, 9.17) is 14.6 Å². The molecule has 1 N–H and O–H groups in total. The van der Waals surface area contributed by atoms with Crippen molar-refractivity contribution in [2.45, 2.75) is 0 Å². The molecule has 0 heterocycles. The molecule has 0 radical (unpaired) electrons. The average molecular weight is 244 g/mol. The maximum atomic E-state index is 10.7. The smallest absolute Gasteiger partial charge is 0.496 e. The largest absolute Gasteiger partial charge is 0.511 e. The van der Waals surface area contributed by atoms with E-state index in [1.807, 2.05) is 30.3 Å². The minimum absolute atomic E-state index is 0.287. The van der Waals surface area contributed by atoms with Gasteiger partial charge in [-0.15, -0.1) is 0 Å². The van der Waals surface area contributed by atoms with Crippen molar-refractivity contribution in [3.05, 3.63) is 48.5 Å². The number of methoxy groups -OCH3 is 1. The molecule has 0 aromatic heterocycles. The summed E-state index contributed by atoms with van der Waals surface area (Å²) < 4.78 is 10.0. The van der Waals surface area contributed by atoms with Gasteiger partial charge in [0.2, 0.25) is 0 Å². The van der Waals surface area contributed by atoms with Crippen molar-refractivity contribution in [1.82, 2.24) is 0 Å². The van der Waals surface area contributed by atoms with Gasteiger partial charge in [-0.1, -0.05) is 36.4 Å². The molecule has 2 aromatic rings. The van der Waals surface area contributed by atoms with Crippen LogP contribution in [0.4, 0.5) is 4.79 Å². The summed E-state index contributed by atoms with van der Waals surface area (Å²) >= 11 is 0. The Morgan fingerprint density at radius 1 is 0.944 bits per heavy atom. The second-order valence-corrected chi connectivity index (χ2v) is 3.56. The van der Waals surface area contributed by atoms with Gasteiger partial charge >= 0.3 is 6.16 Å². The van der Waals surface area contributed by atoms with Gasteiger partial charge in [0.05, 0.1) is 7.11 Å². The monoisotopic (exact) mass is 244 g/mol. The Kier molecular flexibility index (Phi) is 3.48. The summed E-state index contributed by atoms with van der Waals surface area (Å²) in [7, 11) is 1.57. The number of hydrogen-bond acceptors (Lipinski definition) is 3. The standard InChI is InChI=1S/C14H12O4/c1-17-12-8-4-2-6-10(12)11-7-3-5-9-13(11)18-14(15)16/h2-9H,1H3,(H,15,16). The van der Waals surface area contributed by atoms with E-state index >= 15 is 0 Å². The molecule has 0 aliphatic rings. The summed E-state index contributed by atoms with van der Waals surface area (Å²) in [5, 5.41) is 8.71. The molecule has 0 unspecified atom stereocenters. The fourth-order valence-electron chi connectivity index (χ4n) is 1.74. The second kappa shape index (κ2) is 5.23. The summed E-state index contributed by atoms with van der Waals surface area (Å²) in [6, 6.07) is 14.3. The van der Waals surface area contributed by atoms with Crippen LogP contribution in [0.5, 0.6) is 11.5 Å². The van der Waals surface area contributed by atoms with Crippen molar-refractivity contribution in [2.75, 3.05) is 7.11 Å². The Balaban J connectivity index is 2.53. The van der Waals surface area contributed by atoms with Crippen molar-refractivity contribution in [3.8, 4) is 22.6 Å². The second-order valence-electron chi connectivity index (χ2n) is 3.56. The predicted octanol–water partition coefficient (Wildman–Crippen LogP) is 3.42. The molecule has 0 atom stereocenters. The fourth-order valence-corrected chi connectivity index (χ4v) is 1.74. The lowest BCUT2D eigenvalue weighted by atomic mass is 10.0. The van der Waals surface area contributed by atoms with E-state index in [-0.39, 0.29) is 5.75 Å². The van der Waals surface area contributed by atoms with Crippen LogP contribution in [0.15, 0.2) is 48.5 Å². The molecule has 0 spiro atoms. The zero-order valence-electron chi connectivity index (χ0n) is 9.79. The average Bonchev–Trinajstić information content (AvgIpc) is 2.39. The number of rotatable bonds is 3. The van der Waals surface area contributed by atoms with Crippen molar-refractivity contribution >= 4 is 6.16 Å². The van der Waals surface area contributed by atoms with Crippen LogP contribution in [0.2, 0.25) is 0 Å². The molecule has 4 nitrogen and oxygen atoms in total. The minimum atomic E-state index is -1.34. The van der Waals surface area contributed by atoms with Crippen LogP contribution in [-0.4, -0.2) is 18.4 Å². The molecule has 2 aromatic carbocycles. The highest BCUT2D eigenvalue weighted by Gasteiger charge is 2.12. The Bertz CT molecular complexity index is 563. The zero-order chi connectivity index (χ0) is 13.0. The van der Waals surface area contributed by atoms with Gasteiger partial charge in [0.15, 0.2) is 0 Å². The summed E-state index contributed by atoms with van der Waals surface area (Å²) in [5.74, 6) is 0.952. The van der Waals surface area contributed by atoms with Crippen LogP contribution in [0.1, 0.15) is 0 Å². The molecule has 0 bridgehead atoms. The van der Waals surface area contributed by atoms with Gasteiger partial charge in [-0.2, -0.15) is 0 Å². The Labute approximate surface area is 104 Å². The third-order valence-corrected chi connectivity index (χ3v) is 2.48. The fraction of sp³-hybridized carbons (Fsp3) is 0.0714. The lowest BCUT2D eigenvalue weighted by molar-refractivity contribution is 0.144. The first-order chi connectivity index (χ1) is 8.72. The molecule has 0 amide bonds. The first kappa shape index (κ1) is 12.0. The molecule has 4 heteroatoms. The summed E-state index contributed by atoms with van der Waals surface area (Å²) in [6.07, 6.45) is -1.34. The topological polar surface area (TPSA) is 55.8 Å². The Morgan fingerprint density at radius 2 is 1.44 bits per heavy atom. The highest BCUT2D eigenvalue weighted by molar-refractivity contribution is 5.78. The highest BCUT2D eigenvalue weighted by atomic mass is 16.7. The normalized spacial score (nSPS) is 9.83. The predicted molar refractivity (Wildman–Crippen MR) is 67.1 cm³/mol. The molecule has 2 rings (SSSR count). The molecule has 0 saturated carbocycles. The third-order valence-electron chi connectivity index (χ3n) is 2.48. The van der Waals surface area contributed by atoms with Gasteiger partial charge in [0.25, 0.3) is 0 Å². The summed E-state index contributed by atoms with van der Waals surface area (Å²) in [5.41, 5.74) is 1.47. The van der Waals surface area contributed by atoms with Crippen LogP contribution in [0, 0.1) is 0 Å². The van der Waals surface area contributed by atoms with Crippen LogP contribution in [0.3, 0.4) is 0 Å². The lowest BCUT2D eigenvalue weighted by Crippen LogP contribution is -2.04. The number of benzene rings is 2. The minimum Gasteiger partial charge on any atom is -0.496 e. The number of hydrogen-bond donors (Lipinski definition) is 1. The van der Waals surface area contributed by atoms with Crippen LogP contribution >= 0.6 is 0 Å². The number of ether oxygens (including phenoxy) is 2. The van der Waals surface area contributed by atoms with Crippen molar-refractivity contribution < 1.29 is 19.4 Å². The SMILES string of the molecule is COc1ccccc1-c1ccccc1OC(=O)O.